The third-order valence-corrected chi connectivity index (χ3v) is 4.64. The van der Waals surface area contributed by atoms with Crippen LogP contribution in [0.2, 0.25) is 0 Å². The van der Waals surface area contributed by atoms with E-state index in [1.54, 1.807) is 7.11 Å². The number of amides is 2. The number of H-pyrrole nitrogens is 1. The number of ether oxygens (including phenoxy) is 1. The summed E-state index contributed by atoms with van der Waals surface area (Å²) in [6.07, 6.45) is 1.50. The van der Waals surface area contributed by atoms with Crippen molar-refractivity contribution in [2.45, 2.75) is 25.9 Å². The SMILES string of the molecule is COCc1nnc(N2CC(C(=O)NCCCc3nn[nH]n3)CC2=O)s1. The number of carbonyl (C=O) groups is 2. The van der Waals surface area contributed by atoms with Gasteiger partial charge in [-0.15, -0.1) is 20.4 Å². The molecule has 12 heteroatoms. The average Bonchev–Trinajstić information content (AvgIpc) is 3.32. The van der Waals surface area contributed by atoms with Gasteiger partial charge in [-0.3, -0.25) is 14.5 Å². The molecule has 1 saturated heterocycles. The predicted molar refractivity (Wildman–Crippen MR) is 86.6 cm³/mol. The molecule has 2 N–H and O–H groups in total. The van der Waals surface area contributed by atoms with Crippen molar-refractivity contribution in [1.82, 2.24) is 36.1 Å². The first-order valence-corrected chi connectivity index (χ1v) is 8.60. The molecule has 1 aliphatic heterocycles. The highest BCUT2D eigenvalue weighted by molar-refractivity contribution is 7.15. The van der Waals surface area contributed by atoms with E-state index in [4.69, 9.17) is 4.74 Å². The van der Waals surface area contributed by atoms with Crippen LogP contribution in [0, 0.1) is 5.92 Å². The molecule has 1 fully saturated rings. The number of aryl methyl sites for hydroxylation is 1. The molecule has 3 rings (SSSR count). The molecule has 0 bridgehead atoms. The number of hydrogen-bond donors (Lipinski definition) is 2. The van der Waals surface area contributed by atoms with Crippen molar-refractivity contribution in [3.05, 3.63) is 10.8 Å². The van der Waals surface area contributed by atoms with Crippen LogP contribution in [0.1, 0.15) is 23.7 Å². The number of rotatable bonds is 8. The summed E-state index contributed by atoms with van der Waals surface area (Å²) in [6.45, 7) is 1.16. The molecule has 134 valence electrons. The maximum Gasteiger partial charge on any atom is 0.229 e. The Hall–Kier alpha value is -2.47. The minimum atomic E-state index is -0.382. The maximum absolute atomic E-state index is 12.2. The van der Waals surface area contributed by atoms with Crippen LogP contribution in [0.3, 0.4) is 0 Å². The molecule has 11 nitrogen and oxygen atoms in total. The second kappa shape index (κ2) is 8.07. The van der Waals surface area contributed by atoms with Crippen LogP contribution in [0.4, 0.5) is 5.13 Å². The van der Waals surface area contributed by atoms with Gasteiger partial charge in [0.05, 0.1) is 5.92 Å². The van der Waals surface area contributed by atoms with Gasteiger partial charge < -0.3 is 10.1 Å². The van der Waals surface area contributed by atoms with Crippen LogP contribution >= 0.6 is 11.3 Å². The largest absolute Gasteiger partial charge is 0.377 e. The molecule has 2 amide bonds. The van der Waals surface area contributed by atoms with Gasteiger partial charge in [0.2, 0.25) is 16.9 Å². The van der Waals surface area contributed by atoms with E-state index >= 15 is 0 Å². The Morgan fingerprint density at radius 1 is 1.44 bits per heavy atom. The molecule has 1 aliphatic rings. The minimum Gasteiger partial charge on any atom is -0.377 e. The molecule has 0 spiro atoms. The lowest BCUT2D eigenvalue weighted by molar-refractivity contribution is -0.126. The van der Waals surface area contributed by atoms with E-state index in [9.17, 15) is 9.59 Å². The molecule has 0 aromatic carbocycles. The Labute approximate surface area is 147 Å². The van der Waals surface area contributed by atoms with Gasteiger partial charge in [-0.1, -0.05) is 16.6 Å². The van der Waals surface area contributed by atoms with Crippen molar-refractivity contribution >= 4 is 28.3 Å². The molecule has 0 radical (unpaired) electrons. The van der Waals surface area contributed by atoms with E-state index < -0.39 is 0 Å². The molecule has 0 saturated carbocycles. The summed E-state index contributed by atoms with van der Waals surface area (Å²) in [7, 11) is 1.57. The summed E-state index contributed by atoms with van der Waals surface area (Å²) >= 11 is 1.30. The third kappa shape index (κ3) is 4.33. The van der Waals surface area contributed by atoms with Crippen molar-refractivity contribution in [1.29, 1.82) is 0 Å². The molecule has 2 aromatic heterocycles. The van der Waals surface area contributed by atoms with E-state index in [0.717, 1.165) is 0 Å². The van der Waals surface area contributed by atoms with Crippen LogP contribution in [0.25, 0.3) is 0 Å². The first-order valence-electron chi connectivity index (χ1n) is 7.79. The Balaban J connectivity index is 1.46. The van der Waals surface area contributed by atoms with Crippen LogP contribution in [-0.2, 0) is 27.4 Å². The normalized spacial score (nSPS) is 17.2. The molecular weight excluding hydrogens is 348 g/mol. The molecule has 25 heavy (non-hydrogen) atoms. The van der Waals surface area contributed by atoms with Crippen molar-refractivity contribution in [2.24, 2.45) is 5.92 Å². The molecule has 1 atom stereocenters. The number of aromatic amines is 1. The highest BCUT2D eigenvalue weighted by Gasteiger charge is 2.36. The second-order valence-electron chi connectivity index (χ2n) is 5.54. The zero-order valence-electron chi connectivity index (χ0n) is 13.6. The fourth-order valence-corrected chi connectivity index (χ4v) is 3.33. The Kier molecular flexibility index (Phi) is 5.60. The Bertz CT molecular complexity index is 719. The predicted octanol–water partition coefficient (Wildman–Crippen LogP) is -0.700. The van der Waals surface area contributed by atoms with E-state index in [2.05, 4.69) is 36.1 Å². The first-order chi connectivity index (χ1) is 12.2. The van der Waals surface area contributed by atoms with E-state index in [1.165, 1.54) is 16.2 Å². The van der Waals surface area contributed by atoms with Crippen molar-refractivity contribution in [3.63, 3.8) is 0 Å². The van der Waals surface area contributed by atoms with Gasteiger partial charge >= 0.3 is 0 Å². The number of hydrogen-bond acceptors (Lipinski definition) is 9. The van der Waals surface area contributed by atoms with Gasteiger partial charge in [0.15, 0.2) is 5.82 Å². The van der Waals surface area contributed by atoms with Gasteiger partial charge in [-0.2, -0.15) is 5.21 Å². The van der Waals surface area contributed by atoms with Crippen LogP contribution in [0.5, 0.6) is 0 Å². The highest BCUT2D eigenvalue weighted by atomic mass is 32.1. The van der Waals surface area contributed by atoms with Gasteiger partial charge in [0, 0.05) is 33.0 Å². The monoisotopic (exact) mass is 366 g/mol. The van der Waals surface area contributed by atoms with Crippen LogP contribution < -0.4 is 10.2 Å². The summed E-state index contributed by atoms with van der Waals surface area (Å²) < 4.78 is 5.00. The number of nitrogens with zero attached hydrogens (tertiary/aromatic N) is 6. The smallest absolute Gasteiger partial charge is 0.229 e. The standard InChI is InChI=1S/C13H18N8O3S/c1-24-7-10-17-18-13(25-10)21-6-8(5-11(21)22)12(23)14-4-2-3-9-15-19-20-16-9/h8H,2-7H2,1H3,(H,14,23)(H,15,16,19,20). The molecule has 3 heterocycles. The summed E-state index contributed by atoms with van der Waals surface area (Å²) in [5, 5.41) is 25.6. The number of aromatic nitrogens is 6. The first kappa shape index (κ1) is 17.4. The van der Waals surface area contributed by atoms with Crippen molar-refractivity contribution in [3.8, 4) is 0 Å². The zero-order valence-corrected chi connectivity index (χ0v) is 14.5. The molecule has 2 aromatic rings. The van der Waals surface area contributed by atoms with Gasteiger partial charge in [-0.05, 0) is 6.42 Å². The van der Waals surface area contributed by atoms with E-state index in [1.807, 2.05) is 0 Å². The molecule has 1 unspecified atom stereocenters. The Morgan fingerprint density at radius 3 is 3.08 bits per heavy atom. The summed E-state index contributed by atoms with van der Waals surface area (Å²) in [6, 6.07) is 0. The zero-order chi connectivity index (χ0) is 17.6. The molecular formula is C13H18N8O3S. The maximum atomic E-state index is 12.2. The number of methoxy groups -OCH3 is 1. The van der Waals surface area contributed by atoms with Gasteiger partial charge in [0.1, 0.15) is 11.6 Å². The summed E-state index contributed by atoms with van der Waals surface area (Å²) in [5.41, 5.74) is 0. The van der Waals surface area contributed by atoms with Gasteiger partial charge in [0.25, 0.3) is 0 Å². The van der Waals surface area contributed by atoms with Crippen LogP contribution in [0.15, 0.2) is 0 Å². The third-order valence-electron chi connectivity index (χ3n) is 3.72. The highest BCUT2D eigenvalue weighted by Crippen LogP contribution is 2.28. The molecule has 0 aliphatic carbocycles. The summed E-state index contributed by atoms with van der Waals surface area (Å²) in [5.74, 6) is -0.0234. The minimum absolute atomic E-state index is 0.118. The average molecular weight is 366 g/mol. The number of carbonyl (C=O) groups excluding carboxylic acids is 2. The number of tetrazole rings is 1. The summed E-state index contributed by atoms with van der Waals surface area (Å²) in [4.78, 5) is 25.9. The van der Waals surface area contributed by atoms with Crippen LogP contribution in [-0.4, -0.2) is 62.8 Å². The van der Waals surface area contributed by atoms with Gasteiger partial charge in [-0.25, -0.2) is 0 Å². The number of nitrogens with one attached hydrogen (secondary N) is 2. The fourth-order valence-electron chi connectivity index (χ4n) is 2.49. The lowest BCUT2D eigenvalue weighted by atomic mass is 10.1. The van der Waals surface area contributed by atoms with Crippen molar-refractivity contribution in [2.75, 3.05) is 25.1 Å². The number of anilines is 1. The second-order valence-corrected chi connectivity index (χ2v) is 6.58. The Morgan fingerprint density at radius 2 is 2.32 bits per heavy atom. The topological polar surface area (TPSA) is 139 Å². The van der Waals surface area contributed by atoms with E-state index in [0.29, 0.717) is 48.5 Å². The lowest BCUT2D eigenvalue weighted by Crippen LogP contribution is -2.33. The van der Waals surface area contributed by atoms with Crippen molar-refractivity contribution < 1.29 is 14.3 Å². The lowest BCUT2D eigenvalue weighted by Gasteiger charge is -2.12. The quantitative estimate of drug-likeness (QED) is 0.585. The van der Waals surface area contributed by atoms with E-state index in [-0.39, 0.29) is 24.2 Å². The fraction of sp³-hybridized carbons (Fsp3) is 0.615.